The Bertz CT molecular complexity index is 3650. The van der Waals surface area contributed by atoms with Crippen LogP contribution in [0.25, 0.3) is 39.7 Å². The number of nitrogens with zero attached hydrogens (tertiary/aromatic N) is 14. The number of halogens is 4. The highest BCUT2D eigenvalue weighted by Gasteiger charge is 2.30. The number of piperidine rings is 3. The van der Waals surface area contributed by atoms with Crippen LogP contribution in [0.3, 0.4) is 0 Å². The van der Waals surface area contributed by atoms with Gasteiger partial charge in [0.15, 0.2) is 0 Å². The molecule has 2 amide bonds. The molecule has 0 radical (unpaired) electrons. The second-order valence-electron chi connectivity index (χ2n) is 22.3. The van der Waals surface area contributed by atoms with Gasteiger partial charge in [0.25, 0.3) is 0 Å². The maximum atomic E-state index is 12.4. The summed E-state index contributed by atoms with van der Waals surface area (Å²) in [6, 6.07) is 11.7. The molecular formula is C58H68Cl4N18O4. The molecule has 4 N–H and O–H groups in total. The van der Waals surface area contributed by atoms with Gasteiger partial charge in [-0.3, -0.25) is 23.8 Å². The van der Waals surface area contributed by atoms with Gasteiger partial charge in [0.05, 0.1) is 76.0 Å². The van der Waals surface area contributed by atoms with E-state index in [4.69, 9.17) is 60.9 Å². The number of hydrogen-bond donors (Lipinski definition) is 4. The molecule has 0 spiro atoms. The number of anilines is 3. The Labute approximate surface area is 507 Å². The fourth-order valence-corrected chi connectivity index (χ4v) is 10.1. The second kappa shape index (κ2) is 27.8. The van der Waals surface area contributed by atoms with Crippen molar-refractivity contribution in [2.45, 2.75) is 109 Å². The lowest BCUT2D eigenvalue weighted by molar-refractivity contribution is 0.0196. The minimum atomic E-state index is -0.506. The predicted molar refractivity (Wildman–Crippen MR) is 328 cm³/mol. The average molecular weight is 1220 g/mol. The Morgan fingerprint density at radius 2 is 1.01 bits per heavy atom. The number of fused-ring (bicyclic) bond motifs is 3. The molecule has 9 aromatic rings. The molecule has 0 saturated carbocycles. The molecule has 0 unspecified atom stereocenters. The molecule has 12 heterocycles. The van der Waals surface area contributed by atoms with Gasteiger partial charge in [-0.1, -0.05) is 46.4 Å². The number of amides is 2. The maximum absolute atomic E-state index is 12.4. The summed E-state index contributed by atoms with van der Waals surface area (Å²) < 4.78 is 16.6. The van der Waals surface area contributed by atoms with Crippen LogP contribution in [-0.2, 0) is 9.47 Å². The highest BCUT2D eigenvalue weighted by atomic mass is 35.5. The van der Waals surface area contributed by atoms with Crippen LogP contribution in [-0.4, -0.2) is 149 Å². The lowest BCUT2D eigenvalue weighted by Gasteiger charge is -2.34. The van der Waals surface area contributed by atoms with Gasteiger partial charge >= 0.3 is 12.2 Å². The smallest absolute Gasteiger partial charge is 0.410 e. The van der Waals surface area contributed by atoms with Gasteiger partial charge in [0.2, 0.25) is 0 Å². The summed E-state index contributed by atoms with van der Waals surface area (Å²) in [6.07, 6.45) is 28.1. The zero-order chi connectivity index (χ0) is 59.4. The Hall–Kier alpha value is -7.63. The van der Waals surface area contributed by atoms with Crippen molar-refractivity contribution in [3.8, 4) is 22.8 Å². The number of rotatable bonds is 8. The molecule has 442 valence electrons. The Morgan fingerprint density at radius 1 is 0.548 bits per heavy atom. The topological polar surface area (TPSA) is 236 Å². The number of hydrogen-bond acceptors (Lipinski definition) is 17. The van der Waals surface area contributed by atoms with Crippen LogP contribution in [0.15, 0.2) is 117 Å². The molecule has 12 rings (SSSR count). The predicted octanol–water partition coefficient (Wildman–Crippen LogP) is 11.8. The second-order valence-corrected chi connectivity index (χ2v) is 24.0. The van der Waals surface area contributed by atoms with E-state index in [-0.39, 0.29) is 24.3 Å². The van der Waals surface area contributed by atoms with Gasteiger partial charge in [0.1, 0.15) is 62.1 Å². The van der Waals surface area contributed by atoms with Crippen molar-refractivity contribution in [1.29, 1.82) is 0 Å². The van der Waals surface area contributed by atoms with E-state index < -0.39 is 11.2 Å². The van der Waals surface area contributed by atoms with Gasteiger partial charge in [-0.25, -0.2) is 39.5 Å². The van der Waals surface area contributed by atoms with Crippen molar-refractivity contribution < 1.29 is 19.1 Å². The third-order valence-electron chi connectivity index (χ3n) is 13.2. The molecular weight excluding hydrogens is 1150 g/mol. The third kappa shape index (κ3) is 17.5. The molecule has 0 bridgehead atoms. The number of imidazole rings is 3. The minimum Gasteiger partial charge on any atom is -0.444 e. The van der Waals surface area contributed by atoms with Gasteiger partial charge in [-0.2, -0.15) is 0 Å². The van der Waals surface area contributed by atoms with E-state index >= 15 is 0 Å². The summed E-state index contributed by atoms with van der Waals surface area (Å²) in [7, 11) is 0. The number of ether oxygens (including phenoxy) is 2. The lowest BCUT2D eigenvalue weighted by Crippen LogP contribution is -2.47. The molecule has 3 fully saturated rings. The van der Waals surface area contributed by atoms with Crippen molar-refractivity contribution in [1.82, 2.24) is 73.2 Å². The first-order valence-electron chi connectivity index (χ1n) is 27.7. The highest BCUT2D eigenvalue weighted by molar-refractivity contribution is 6.31. The summed E-state index contributed by atoms with van der Waals surface area (Å²) in [5.74, 6) is 2.06. The quantitative estimate of drug-likeness (QED) is 0.111. The molecule has 9 aromatic heterocycles. The number of carbonyl (C=O) groups is 2. The molecule has 3 aliphatic heterocycles. The molecule has 0 aliphatic carbocycles. The van der Waals surface area contributed by atoms with Crippen LogP contribution in [0.2, 0.25) is 20.2 Å². The standard InChI is InChI=1S/C21H25ClN6O2.C16H17ClN6.C14H21ClN4O2.C7H5ClN2/c1-21(2,3)30-20(29)27-8-4-5-15(13-27)25-18-11-23-9-16(26-18)17-10-24-19-7-6-14(22)12-28(17)19;17-11-3-4-16-20-8-14(23(16)10-11)13-7-19-9-15(22-13)21-12-2-1-5-18-6-12;1-14(2,3)21-13(20)19-6-4-5-10(9-19)17-12-8-16-7-11(15)18-12;8-6-1-2-7-9-3-4-10(7)5-6/h6-7,9-12,15H,4-5,8,13H2,1-3H3,(H,25,26);3-4,7-10,12,18H,1-2,5-6H2,(H,21,22);7-8,10H,4-6,9H2,1-3H3,(H,17,18);1-5H/t15-;12-;10-;/m111./s1. The van der Waals surface area contributed by atoms with E-state index in [1.165, 1.54) is 12.6 Å². The van der Waals surface area contributed by atoms with Crippen molar-refractivity contribution in [2.24, 2.45) is 0 Å². The fourth-order valence-electron chi connectivity index (χ4n) is 9.49. The molecule has 3 aliphatic rings. The Morgan fingerprint density at radius 3 is 1.50 bits per heavy atom. The molecule has 26 heteroatoms. The zero-order valence-electron chi connectivity index (χ0n) is 47.6. The van der Waals surface area contributed by atoms with E-state index in [9.17, 15) is 9.59 Å². The van der Waals surface area contributed by atoms with E-state index in [2.05, 4.69) is 61.1 Å². The van der Waals surface area contributed by atoms with Crippen LogP contribution >= 0.6 is 46.4 Å². The summed E-state index contributed by atoms with van der Waals surface area (Å²) >= 11 is 23.8. The molecule has 0 aromatic carbocycles. The summed E-state index contributed by atoms with van der Waals surface area (Å²) in [4.78, 5) is 67.0. The SMILES string of the molecule is CC(C)(C)OC(=O)N1CCC[C@@H](Nc2cncc(-c3cnc4ccc(Cl)cn34)n2)C1.CC(C)(C)OC(=O)N1CCC[C@@H](Nc2cncc(Cl)n2)C1.Clc1ccc2ncc(-c3cncc(N[C@@H]4CCCNC4)n3)n2c1.Clc1ccc2nccn2c1. The number of likely N-dealkylation sites (tertiary alicyclic amines) is 2. The summed E-state index contributed by atoms with van der Waals surface area (Å²) in [5, 5.41) is 15.9. The number of aromatic nitrogens is 12. The summed E-state index contributed by atoms with van der Waals surface area (Å²) in [5.41, 5.74) is 4.70. The third-order valence-corrected chi connectivity index (χ3v) is 14.0. The molecule has 3 saturated heterocycles. The van der Waals surface area contributed by atoms with Crippen molar-refractivity contribution in [3.05, 3.63) is 137 Å². The molecule has 3 atom stereocenters. The van der Waals surface area contributed by atoms with E-state index in [1.807, 2.05) is 104 Å². The van der Waals surface area contributed by atoms with Crippen molar-refractivity contribution in [2.75, 3.05) is 55.2 Å². The summed E-state index contributed by atoms with van der Waals surface area (Å²) in [6.45, 7) is 15.8. The Kier molecular flexibility index (Phi) is 20.2. The fraction of sp³-hybridized carbons (Fsp3) is 0.397. The highest BCUT2D eigenvalue weighted by Crippen LogP contribution is 2.26. The van der Waals surface area contributed by atoms with Crippen molar-refractivity contribution >= 4 is 93.0 Å². The Balaban J connectivity index is 0.000000141. The van der Waals surface area contributed by atoms with E-state index in [0.717, 1.165) is 90.1 Å². The van der Waals surface area contributed by atoms with Gasteiger partial charge < -0.3 is 44.9 Å². The first-order valence-corrected chi connectivity index (χ1v) is 29.2. The monoisotopic (exact) mass is 1220 g/mol. The maximum Gasteiger partial charge on any atom is 0.410 e. The average Bonchev–Trinajstić information content (AvgIpc) is 4.07. The number of pyridine rings is 3. The number of nitrogens with one attached hydrogen (secondary N) is 4. The normalized spacial score (nSPS) is 17.2. The van der Waals surface area contributed by atoms with E-state index in [0.29, 0.717) is 64.7 Å². The van der Waals surface area contributed by atoms with E-state index in [1.54, 1.807) is 71.6 Å². The van der Waals surface area contributed by atoms with Gasteiger partial charge in [-0.05, 0) is 123 Å². The zero-order valence-corrected chi connectivity index (χ0v) is 50.6. The minimum absolute atomic E-state index is 0.0763. The van der Waals surface area contributed by atoms with Crippen LogP contribution in [0.4, 0.5) is 27.0 Å². The van der Waals surface area contributed by atoms with Gasteiger partial charge in [-0.15, -0.1) is 0 Å². The lowest BCUT2D eigenvalue weighted by atomic mass is 10.1. The largest absolute Gasteiger partial charge is 0.444 e. The van der Waals surface area contributed by atoms with Crippen molar-refractivity contribution in [3.63, 3.8) is 0 Å². The van der Waals surface area contributed by atoms with Gasteiger partial charge in [0, 0.05) is 81.8 Å². The van der Waals surface area contributed by atoms with Crippen LogP contribution < -0.4 is 21.3 Å². The molecule has 22 nitrogen and oxygen atoms in total. The van der Waals surface area contributed by atoms with Crippen LogP contribution in [0.5, 0.6) is 0 Å². The first kappa shape index (κ1) is 60.9. The number of carbonyl (C=O) groups excluding carboxylic acids is 2. The molecule has 84 heavy (non-hydrogen) atoms. The van der Waals surface area contributed by atoms with Crippen LogP contribution in [0.1, 0.15) is 80.1 Å². The van der Waals surface area contributed by atoms with Crippen LogP contribution in [0, 0.1) is 0 Å². The first-order chi connectivity index (χ1) is 40.3.